The number of nitrogens with two attached hydrogens (primary N) is 2. The standard InChI is InChI=1S/C8H9F2N3/c9-6-2-1-5(7(10)3-6)4-13-8(11)12/h1-3H,4H2,(H4,11,12,13). The number of guanidine groups is 1. The topological polar surface area (TPSA) is 64.4 Å². The van der Waals surface area contributed by atoms with E-state index in [-0.39, 0.29) is 18.1 Å². The molecule has 3 nitrogen and oxygen atoms in total. The minimum absolute atomic E-state index is 0.0223. The molecule has 1 aromatic carbocycles. The van der Waals surface area contributed by atoms with Crippen LogP contribution in [0.15, 0.2) is 23.2 Å². The number of hydrogen-bond acceptors (Lipinski definition) is 1. The second kappa shape index (κ2) is 3.84. The van der Waals surface area contributed by atoms with Crippen LogP contribution in [0.1, 0.15) is 5.56 Å². The van der Waals surface area contributed by atoms with Gasteiger partial charge in [-0.05, 0) is 6.07 Å². The molecule has 70 valence electrons. The van der Waals surface area contributed by atoms with Gasteiger partial charge in [-0.3, -0.25) is 0 Å². The minimum Gasteiger partial charge on any atom is -0.370 e. The van der Waals surface area contributed by atoms with E-state index in [1.54, 1.807) is 0 Å². The molecule has 5 heteroatoms. The molecule has 0 atom stereocenters. The van der Waals surface area contributed by atoms with Gasteiger partial charge >= 0.3 is 0 Å². The monoisotopic (exact) mass is 185 g/mol. The Hall–Kier alpha value is -1.65. The average molecular weight is 185 g/mol. The summed E-state index contributed by atoms with van der Waals surface area (Å²) in [6.45, 7) is 0.0223. The summed E-state index contributed by atoms with van der Waals surface area (Å²) in [5.41, 5.74) is 10.4. The Morgan fingerprint density at radius 3 is 2.54 bits per heavy atom. The van der Waals surface area contributed by atoms with Gasteiger partial charge in [-0.1, -0.05) is 6.07 Å². The maximum atomic E-state index is 12.9. The molecule has 0 aliphatic heterocycles. The number of aliphatic imine (C=N–C) groups is 1. The molecule has 0 saturated heterocycles. The van der Waals surface area contributed by atoms with Gasteiger partial charge in [0.05, 0.1) is 6.54 Å². The fourth-order valence-corrected chi connectivity index (χ4v) is 0.826. The van der Waals surface area contributed by atoms with Crippen LogP contribution in [0.5, 0.6) is 0 Å². The minimum atomic E-state index is -0.648. The van der Waals surface area contributed by atoms with Crippen molar-refractivity contribution in [2.24, 2.45) is 16.5 Å². The highest BCUT2D eigenvalue weighted by molar-refractivity contribution is 5.75. The van der Waals surface area contributed by atoms with Crippen LogP contribution >= 0.6 is 0 Å². The Kier molecular flexibility index (Phi) is 2.79. The van der Waals surface area contributed by atoms with Crippen molar-refractivity contribution in [2.75, 3.05) is 0 Å². The highest BCUT2D eigenvalue weighted by atomic mass is 19.1. The van der Waals surface area contributed by atoms with Crippen molar-refractivity contribution in [1.29, 1.82) is 0 Å². The Balaban J connectivity index is 2.84. The molecule has 0 fully saturated rings. The summed E-state index contributed by atoms with van der Waals surface area (Å²) in [5, 5.41) is 0. The van der Waals surface area contributed by atoms with Crippen LogP contribution in [0.3, 0.4) is 0 Å². The summed E-state index contributed by atoms with van der Waals surface area (Å²) >= 11 is 0. The van der Waals surface area contributed by atoms with E-state index in [0.717, 1.165) is 12.1 Å². The van der Waals surface area contributed by atoms with E-state index in [1.807, 2.05) is 0 Å². The fraction of sp³-hybridized carbons (Fsp3) is 0.125. The Morgan fingerprint density at radius 1 is 1.31 bits per heavy atom. The molecule has 0 amide bonds. The van der Waals surface area contributed by atoms with Crippen LogP contribution in [-0.4, -0.2) is 5.96 Å². The van der Waals surface area contributed by atoms with E-state index in [1.165, 1.54) is 6.07 Å². The second-order valence-corrected chi connectivity index (χ2v) is 2.48. The lowest BCUT2D eigenvalue weighted by Gasteiger charge is -1.99. The Labute approximate surface area is 74.1 Å². The second-order valence-electron chi connectivity index (χ2n) is 2.48. The SMILES string of the molecule is NC(N)=NCc1ccc(F)cc1F. The predicted octanol–water partition coefficient (Wildman–Crippen LogP) is 0.738. The molecule has 1 aromatic rings. The van der Waals surface area contributed by atoms with Gasteiger partial charge in [-0.25, -0.2) is 13.8 Å². The van der Waals surface area contributed by atoms with Crippen LogP contribution < -0.4 is 11.5 Å². The summed E-state index contributed by atoms with van der Waals surface area (Å²) in [5.74, 6) is -1.39. The molecule has 0 heterocycles. The maximum absolute atomic E-state index is 12.9. The van der Waals surface area contributed by atoms with Crippen LogP contribution in [0.4, 0.5) is 8.78 Å². The van der Waals surface area contributed by atoms with Crippen molar-refractivity contribution in [2.45, 2.75) is 6.54 Å². The summed E-state index contributed by atoms with van der Waals surface area (Å²) in [6, 6.07) is 3.25. The van der Waals surface area contributed by atoms with Gasteiger partial charge in [0.1, 0.15) is 11.6 Å². The van der Waals surface area contributed by atoms with Gasteiger partial charge in [0.15, 0.2) is 5.96 Å². The average Bonchev–Trinajstić information content (AvgIpc) is 2.02. The van der Waals surface area contributed by atoms with E-state index in [2.05, 4.69) is 4.99 Å². The molecule has 4 N–H and O–H groups in total. The first-order chi connectivity index (χ1) is 6.09. The van der Waals surface area contributed by atoms with Gasteiger partial charge in [0, 0.05) is 11.6 Å². The Bertz CT molecular complexity index is 332. The van der Waals surface area contributed by atoms with Gasteiger partial charge in [0.2, 0.25) is 0 Å². The van der Waals surface area contributed by atoms with Gasteiger partial charge in [-0.15, -0.1) is 0 Å². The zero-order chi connectivity index (χ0) is 9.84. The lowest BCUT2D eigenvalue weighted by atomic mass is 10.2. The highest BCUT2D eigenvalue weighted by Crippen LogP contribution is 2.10. The van der Waals surface area contributed by atoms with E-state index in [0.29, 0.717) is 0 Å². The highest BCUT2D eigenvalue weighted by Gasteiger charge is 2.01. The molecule has 0 aromatic heterocycles. The van der Waals surface area contributed by atoms with Crippen molar-refractivity contribution >= 4 is 5.96 Å². The maximum Gasteiger partial charge on any atom is 0.186 e. The molecule has 0 radical (unpaired) electrons. The summed E-state index contributed by atoms with van der Waals surface area (Å²) in [6.07, 6.45) is 0. The van der Waals surface area contributed by atoms with Crippen molar-refractivity contribution < 1.29 is 8.78 Å². The van der Waals surface area contributed by atoms with Gasteiger partial charge < -0.3 is 11.5 Å². The molecule has 0 aliphatic rings. The van der Waals surface area contributed by atoms with Crippen LogP contribution in [0.2, 0.25) is 0 Å². The molecular weight excluding hydrogens is 176 g/mol. The summed E-state index contributed by atoms with van der Waals surface area (Å²) in [4.78, 5) is 3.60. The van der Waals surface area contributed by atoms with Crippen LogP contribution in [0, 0.1) is 11.6 Å². The quantitative estimate of drug-likeness (QED) is 0.527. The molecule has 0 spiro atoms. The van der Waals surface area contributed by atoms with E-state index in [4.69, 9.17) is 11.5 Å². The smallest absolute Gasteiger partial charge is 0.186 e. The van der Waals surface area contributed by atoms with Crippen molar-refractivity contribution in [3.05, 3.63) is 35.4 Å². The number of hydrogen-bond donors (Lipinski definition) is 2. The van der Waals surface area contributed by atoms with Crippen molar-refractivity contribution in [3.63, 3.8) is 0 Å². The van der Waals surface area contributed by atoms with Crippen LogP contribution in [-0.2, 0) is 6.54 Å². The lowest BCUT2D eigenvalue weighted by Crippen LogP contribution is -2.22. The first kappa shape index (κ1) is 9.44. The molecule has 1 rings (SSSR count). The molecule has 0 bridgehead atoms. The molecular formula is C8H9F2N3. The first-order valence-corrected chi connectivity index (χ1v) is 3.59. The first-order valence-electron chi connectivity index (χ1n) is 3.59. The van der Waals surface area contributed by atoms with Crippen molar-refractivity contribution in [1.82, 2.24) is 0 Å². The van der Waals surface area contributed by atoms with Crippen molar-refractivity contribution in [3.8, 4) is 0 Å². The largest absolute Gasteiger partial charge is 0.370 e. The predicted molar refractivity (Wildman–Crippen MR) is 45.9 cm³/mol. The third-order valence-electron chi connectivity index (χ3n) is 1.45. The number of nitrogens with zero attached hydrogens (tertiary/aromatic N) is 1. The zero-order valence-corrected chi connectivity index (χ0v) is 6.80. The number of halogens is 2. The third-order valence-corrected chi connectivity index (χ3v) is 1.45. The lowest BCUT2D eigenvalue weighted by molar-refractivity contribution is 0.572. The molecule has 13 heavy (non-hydrogen) atoms. The zero-order valence-electron chi connectivity index (χ0n) is 6.80. The van der Waals surface area contributed by atoms with E-state index in [9.17, 15) is 8.78 Å². The van der Waals surface area contributed by atoms with E-state index >= 15 is 0 Å². The molecule has 0 unspecified atom stereocenters. The third kappa shape index (κ3) is 2.70. The number of benzene rings is 1. The normalized spacial score (nSPS) is 9.69. The summed E-state index contributed by atoms with van der Waals surface area (Å²) < 4.78 is 25.3. The Morgan fingerprint density at radius 2 is 2.00 bits per heavy atom. The fourth-order valence-electron chi connectivity index (χ4n) is 0.826. The van der Waals surface area contributed by atoms with E-state index < -0.39 is 11.6 Å². The number of rotatable bonds is 2. The van der Waals surface area contributed by atoms with Gasteiger partial charge in [0.25, 0.3) is 0 Å². The summed E-state index contributed by atoms with van der Waals surface area (Å²) in [7, 11) is 0. The molecule has 0 aliphatic carbocycles. The van der Waals surface area contributed by atoms with Crippen LogP contribution in [0.25, 0.3) is 0 Å². The molecule has 0 saturated carbocycles. The van der Waals surface area contributed by atoms with Gasteiger partial charge in [-0.2, -0.15) is 0 Å².